The van der Waals surface area contributed by atoms with Gasteiger partial charge in [0.25, 0.3) is 0 Å². The van der Waals surface area contributed by atoms with Crippen LogP contribution in [0.3, 0.4) is 0 Å². The van der Waals surface area contributed by atoms with Gasteiger partial charge in [0.1, 0.15) is 19.8 Å². The molecule has 0 rings (SSSR count). The minimum Gasteiger partial charge on any atom is -0.462 e. The van der Waals surface area contributed by atoms with Gasteiger partial charge in [-0.2, -0.15) is 0 Å². The van der Waals surface area contributed by atoms with Crippen molar-refractivity contribution >= 4 is 19.8 Å². The number of likely N-dealkylation sites (N-methyl/N-ethyl adjacent to an activating group) is 1. The van der Waals surface area contributed by atoms with Crippen molar-refractivity contribution in [3.63, 3.8) is 0 Å². The number of unbranched alkanes of at least 4 members (excludes halogenated alkanes) is 42. The Bertz CT molecular complexity index is 1680. The first-order chi connectivity index (χ1) is 42.0. The summed E-state index contributed by atoms with van der Waals surface area (Å²) in [7, 11) is 1.48. The van der Waals surface area contributed by atoms with E-state index in [4.69, 9.17) is 18.5 Å². The van der Waals surface area contributed by atoms with E-state index in [0.29, 0.717) is 17.4 Å². The first-order valence-electron chi connectivity index (χ1n) is 36.7. The number of esters is 2. The zero-order valence-corrected chi connectivity index (χ0v) is 58.2. The summed E-state index contributed by atoms with van der Waals surface area (Å²) in [5, 5.41) is 0. The van der Waals surface area contributed by atoms with E-state index in [0.717, 1.165) is 57.8 Å². The van der Waals surface area contributed by atoms with E-state index in [1.165, 1.54) is 257 Å². The van der Waals surface area contributed by atoms with Crippen LogP contribution in [0.4, 0.5) is 0 Å². The smallest absolute Gasteiger partial charge is 0.462 e. The van der Waals surface area contributed by atoms with Crippen molar-refractivity contribution in [3.8, 4) is 0 Å². The second kappa shape index (κ2) is 66.9. The number of hydrogen-bond donors (Lipinski definition) is 1. The first-order valence-corrected chi connectivity index (χ1v) is 38.2. The largest absolute Gasteiger partial charge is 0.472 e. The van der Waals surface area contributed by atoms with Gasteiger partial charge >= 0.3 is 19.8 Å². The number of allylic oxidation sites excluding steroid dienone is 12. The van der Waals surface area contributed by atoms with Crippen LogP contribution in [-0.2, 0) is 32.7 Å². The summed E-state index contributed by atoms with van der Waals surface area (Å²) < 4.78 is 34.8. The Kier molecular flexibility index (Phi) is 64.9. The fourth-order valence-electron chi connectivity index (χ4n) is 10.6. The molecule has 2 unspecified atom stereocenters. The Labute approximate surface area is 533 Å². The number of rotatable bonds is 68. The molecule has 0 amide bonds. The quantitative estimate of drug-likeness (QED) is 0.0211. The van der Waals surface area contributed by atoms with E-state index < -0.39 is 26.5 Å². The van der Waals surface area contributed by atoms with Crippen molar-refractivity contribution in [2.75, 3.05) is 47.5 Å². The molecule has 502 valence electrons. The second-order valence-electron chi connectivity index (χ2n) is 26.0. The summed E-state index contributed by atoms with van der Waals surface area (Å²) in [5.74, 6) is -0.788. The van der Waals surface area contributed by atoms with Crippen molar-refractivity contribution in [3.05, 3.63) is 72.9 Å². The third-order valence-corrected chi connectivity index (χ3v) is 17.2. The van der Waals surface area contributed by atoms with Gasteiger partial charge in [0.15, 0.2) is 6.10 Å². The van der Waals surface area contributed by atoms with E-state index in [1.807, 2.05) is 21.1 Å². The van der Waals surface area contributed by atoms with Crippen LogP contribution in [0.5, 0.6) is 0 Å². The predicted molar refractivity (Wildman–Crippen MR) is 372 cm³/mol. The van der Waals surface area contributed by atoms with E-state index in [2.05, 4.69) is 86.8 Å². The Balaban J connectivity index is 3.98. The van der Waals surface area contributed by atoms with Crippen LogP contribution >= 0.6 is 7.82 Å². The monoisotopic (exact) mass is 1230 g/mol. The van der Waals surface area contributed by atoms with Gasteiger partial charge in [-0.1, -0.05) is 318 Å². The molecule has 9 nitrogen and oxygen atoms in total. The number of carbonyl (C=O) groups is 2. The van der Waals surface area contributed by atoms with E-state index in [-0.39, 0.29) is 32.0 Å². The Morgan fingerprint density at radius 3 is 0.930 bits per heavy atom. The van der Waals surface area contributed by atoms with Crippen LogP contribution in [0.25, 0.3) is 0 Å². The third kappa shape index (κ3) is 70.5. The molecule has 0 saturated carbocycles. The summed E-state index contributed by atoms with van der Waals surface area (Å²) in [6.45, 7) is 4.45. The maximum Gasteiger partial charge on any atom is 0.472 e. The van der Waals surface area contributed by atoms with Gasteiger partial charge in [-0.3, -0.25) is 18.6 Å². The molecule has 0 bridgehead atoms. The highest BCUT2D eigenvalue weighted by Crippen LogP contribution is 2.43. The highest BCUT2D eigenvalue weighted by molar-refractivity contribution is 7.47. The summed E-state index contributed by atoms with van der Waals surface area (Å²) in [6, 6.07) is 0. The SMILES string of the molecule is CCCCCCC/C=C\C/C=C\C/C=C\CCCCCCCCCCCCCCCCCCCCCCCCC(=O)OC(COC(=O)CCCCCCCCCCCC/C=C\C/C=C\C/C=C\CCCCCCC)COP(=O)(O)OCC[N+](C)(C)C. The summed E-state index contributed by atoms with van der Waals surface area (Å²) >= 11 is 0. The van der Waals surface area contributed by atoms with Crippen molar-refractivity contribution in [2.45, 2.75) is 354 Å². The molecule has 0 heterocycles. The highest BCUT2D eigenvalue weighted by Gasteiger charge is 2.27. The predicted octanol–water partition coefficient (Wildman–Crippen LogP) is 23.9. The Hall–Kier alpha value is -2.55. The maximum absolute atomic E-state index is 12.9. The first kappa shape index (κ1) is 83.5. The molecule has 1 N–H and O–H groups in total. The molecule has 0 saturated heterocycles. The van der Waals surface area contributed by atoms with Gasteiger partial charge in [-0.25, -0.2) is 4.57 Å². The second-order valence-corrected chi connectivity index (χ2v) is 27.4. The summed E-state index contributed by atoms with van der Waals surface area (Å²) in [6.07, 6.45) is 90.2. The zero-order valence-electron chi connectivity index (χ0n) is 57.3. The number of ether oxygens (including phenoxy) is 2. The Morgan fingerprint density at radius 2 is 0.628 bits per heavy atom. The molecule has 0 aromatic rings. The standard InChI is InChI=1S/C76H140NO8P/c1-6-8-10-12-14-16-18-20-22-24-26-28-30-32-33-34-35-36-37-38-39-40-41-42-43-45-47-49-51-53-55-57-59-61-63-65-67-69-76(79)85-74(73-84-86(80,81)83-71-70-77(3,4)5)72-82-75(78)68-66-64-62-60-58-56-54-52-50-48-46-44-31-29-27-25-23-21-19-17-15-13-11-9-7-2/h18-21,24-27,30-32,44,74H,6-17,22-23,28-29,33-43,45-73H2,1-5H3/p+1/b20-18-,21-19-,26-24-,27-25-,32-30-,44-31-. The van der Waals surface area contributed by atoms with Gasteiger partial charge in [0, 0.05) is 12.8 Å². The number of quaternary nitrogens is 1. The topological polar surface area (TPSA) is 108 Å². The van der Waals surface area contributed by atoms with Crippen LogP contribution in [-0.4, -0.2) is 74.9 Å². The third-order valence-electron chi connectivity index (χ3n) is 16.2. The van der Waals surface area contributed by atoms with Gasteiger partial charge in [-0.15, -0.1) is 0 Å². The molecule has 0 aromatic heterocycles. The molecule has 0 fully saturated rings. The zero-order chi connectivity index (χ0) is 62.6. The summed E-state index contributed by atoms with van der Waals surface area (Å²) in [4.78, 5) is 35.9. The van der Waals surface area contributed by atoms with E-state index >= 15 is 0 Å². The normalized spacial score (nSPS) is 13.5. The van der Waals surface area contributed by atoms with Crippen LogP contribution in [0.1, 0.15) is 348 Å². The van der Waals surface area contributed by atoms with Crippen LogP contribution in [0.15, 0.2) is 72.9 Å². The summed E-state index contributed by atoms with van der Waals surface area (Å²) in [5.41, 5.74) is 0. The van der Waals surface area contributed by atoms with Gasteiger partial charge in [0.2, 0.25) is 0 Å². The van der Waals surface area contributed by atoms with Crippen molar-refractivity contribution in [1.29, 1.82) is 0 Å². The lowest BCUT2D eigenvalue weighted by molar-refractivity contribution is -0.870. The fraction of sp³-hybridized carbons (Fsp3) is 0.816. The highest BCUT2D eigenvalue weighted by atomic mass is 31.2. The number of phosphoric acid groups is 1. The number of hydrogen-bond acceptors (Lipinski definition) is 7. The van der Waals surface area contributed by atoms with Crippen LogP contribution in [0, 0.1) is 0 Å². The molecule has 2 atom stereocenters. The van der Waals surface area contributed by atoms with E-state index in [9.17, 15) is 19.0 Å². The van der Waals surface area contributed by atoms with Gasteiger partial charge in [0.05, 0.1) is 27.7 Å². The molecule has 0 radical (unpaired) electrons. The van der Waals surface area contributed by atoms with Crippen molar-refractivity contribution in [2.24, 2.45) is 0 Å². The van der Waals surface area contributed by atoms with Crippen LogP contribution < -0.4 is 0 Å². The van der Waals surface area contributed by atoms with Gasteiger partial charge in [-0.05, 0) is 89.9 Å². The lowest BCUT2D eigenvalue weighted by Crippen LogP contribution is -2.37. The lowest BCUT2D eigenvalue weighted by atomic mass is 10.0. The number of phosphoric ester groups is 1. The average molecular weight is 1230 g/mol. The molecular weight excluding hydrogens is 1090 g/mol. The molecule has 0 spiro atoms. The average Bonchev–Trinajstić information content (AvgIpc) is 3.67. The van der Waals surface area contributed by atoms with E-state index in [1.54, 1.807) is 0 Å². The molecule has 86 heavy (non-hydrogen) atoms. The van der Waals surface area contributed by atoms with Crippen molar-refractivity contribution < 1.29 is 42.1 Å². The van der Waals surface area contributed by atoms with Crippen molar-refractivity contribution in [1.82, 2.24) is 0 Å². The molecule has 0 aliphatic carbocycles. The molecule has 0 aliphatic heterocycles. The van der Waals surface area contributed by atoms with Gasteiger partial charge < -0.3 is 18.9 Å². The minimum atomic E-state index is -4.39. The van der Waals surface area contributed by atoms with Crippen LogP contribution in [0.2, 0.25) is 0 Å². The molecular formula is C76H141NO8P+. The molecule has 0 aliphatic rings. The number of nitrogens with zero attached hydrogens (tertiary/aromatic N) is 1. The minimum absolute atomic E-state index is 0.0308. The lowest BCUT2D eigenvalue weighted by Gasteiger charge is -2.24. The maximum atomic E-state index is 12.9. The fourth-order valence-corrected chi connectivity index (χ4v) is 11.3. The molecule has 10 heteroatoms. The Morgan fingerprint density at radius 1 is 0.360 bits per heavy atom. The molecule has 0 aromatic carbocycles. The number of carbonyl (C=O) groups excluding carboxylic acids is 2.